The normalized spacial score (nSPS) is 10.8. The van der Waals surface area contributed by atoms with Crippen molar-refractivity contribution >= 4 is 12.0 Å². The second-order valence-corrected chi connectivity index (χ2v) is 4.23. The van der Waals surface area contributed by atoms with Crippen molar-refractivity contribution in [3.05, 3.63) is 71.3 Å². The Hall–Kier alpha value is -3.00. The second kappa shape index (κ2) is 6.96. The van der Waals surface area contributed by atoms with Crippen LogP contribution in [0.4, 0.5) is 4.39 Å². The van der Waals surface area contributed by atoms with Gasteiger partial charge in [0, 0.05) is 6.20 Å². The number of nitrogens with one attached hydrogen (secondary N) is 1. The standard InChI is InChI=1S/C16H12FN3O/c17-14-5-3-4-12(9-14)8-13(10-18)16(21)20-11-15-6-1-2-7-19-15/h1-9H,11H2,(H,20,21). The van der Waals surface area contributed by atoms with Gasteiger partial charge in [-0.15, -0.1) is 0 Å². The number of nitriles is 1. The fourth-order valence-electron chi connectivity index (χ4n) is 1.68. The van der Waals surface area contributed by atoms with E-state index in [9.17, 15) is 9.18 Å². The van der Waals surface area contributed by atoms with Crippen LogP contribution in [0.25, 0.3) is 6.08 Å². The van der Waals surface area contributed by atoms with Crippen molar-refractivity contribution in [3.8, 4) is 6.07 Å². The van der Waals surface area contributed by atoms with Gasteiger partial charge in [-0.2, -0.15) is 5.26 Å². The van der Waals surface area contributed by atoms with Crippen LogP contribution >= 0.6 is 0 Å². The summed E-state index contributed by atoms with van der Waals surface area (Å²) in [4.78, 5) is 16.0. The maximum Gasteiger partial charge on any atom is 0.262 e. The maximum absolute atomic E-state index is 13.1. The molecule has 1 aromatic heterocycles. The Labute approximate surface area is 121 Å². The smallest absolute Gasteiger partial charge is 0.262 e. The van der Waals surface area contributed by atoms with Crippen LogP contribution in [-0.2, 0) is 11.3 Å². The van der Waals surface area contributed by atoms with E-state index in [0.717, 1.165) is 0 Å². The van der Waals surface area contributed by atoms with Gasteiger partial charge in [-0.05, 0) is 35.9 Å². The Balaban J connectivity index is 2.07. The summed E-state index contributed by atoms with van der Waals surface area (Å²) >= 11 is 0. The predicted molar refractivity (Wildman–Crippen MR) is 76.1 cm³/mol. The molecule has 2 aromatic rings. The van der Waals surface area contributed by atoms with Crippen LogP contribution in [0, 0.1) is 17.1 Å². The van der Waals surface area contributed by atoms with Crippen molar-refractivity contribution in [2.45, 2.75) is 6.54 Å². The molecule has 0 fully saturated rings. The Bertz CT molecular complexity index is 705. The zero-order chi connectivity index (χ0) is 15.1. The molecule has 2 rings (SSSR count). The van der Waals surface area contributed by atoms with Gasteiger partial charge >= 0.3 is 0 Å². The van der Waals surface area contributed by atoms with Gasteiger partial charge in [0.05, 0.1) is 12.2 Å². The second-order valence-electron chi connectivity index (χ2n) is 4.23. The monoisotopic (exact) mass is 281 g/mol. The van der Waals surface area contributed by atoms with Crippen LogP contribution in [0.5, 0.6) is 0 Å². The summed E-state index contributed by atoms with van der Waals surface area (Å²) in [5.41, 5.74) is 1.06. The molecule has 0 atom stereocenters. The van der Waals surface area contributed by atoms with Gasteiger partial charge in [0.2, 0.25) is 0 Å². The Kier molecular flexibility index (Phi) is 4.78. The van der Waals surface area contributed by atoms with E-state index in [0.29, 0.717) is 11.3 Å². The first-order chi connectivity index (χ1) is 10.2. The minimum absolute atomic E-state index is 0.0865. The molecule has 0 radical (unpaired) electrons. The molecule has 0 spiro atoms. The minimum atomic E-state index is -0.521. The summed E-state index contributed by atoms with van der Waals surface area (Å²) in [5, 5.41) is 11.6. The zero-order valence-corrected chi connectivity index (χ0v) is 11.1. The fraction of sp³-hybridized carbons (Fsp3) is 0.0625. The molecule has 5 heteroatoms. The highest BCUT2D eigenvalue weighted by molar-refractivity contribution is 6.01. The SMILES string of the molecule is N#CC(=Cc1cccc(F)c1)C(=O)NCc1ccccn1. The lowest BCUT2D eigenvalue weighted by atomic mass is 10.1. The third kappa shape index (κ3) is 4.25. The summed E-state index contributed by atoms with van der Waals surface area (Å²) in [6.45, 7) is 0.224. The average Bonchev–Trinajstić information content (AvgIpc) is 2.51. The van der Waals surface area contributed by atoms with Gasteiger partial charge in [0.25, 0.3) is 5.91 Å². The lowest BCUT2D eigenvalue weighted by Crippen LogP contribution is -2.24. The van der Waals surface area contributed by atoms with Crippen LogP contribution in [0.3, 0.4) is 0 Å². The van der Waals surface area contributed by atoms with E-state index in [1.54, 1.807) is 24.4 Å². The number of carbonyl (C=O) groups excluding carboxylic acids is 1. The molecule has 0 saturated heterocycles. The fourth-order valence-corrected chi connectivity index (χ4v) is 1.68. The molecule has 1 aromatic carbocycles. The van der Waals surface area contributed by atoms with Crippen molar-refractivity contribution in [1.29, 1.82) is 5.26 Å². The van der Waals surface area contributed by atoms with Gasteiger partial charge in [0.1, 0.15) is 17.5 Å². The third-order valence-corrected chi connectivity index (χ3v) is 2.68. The summed E-state index contributed by atoms with van der Waals surface area (Å²) in [7, 11) is 0. The quantitative estimate of drug-likeness (QED) is 0.691. The maximum atomic E-state index is 13.1. The molecule has 0 saturated carbocycles. The van der Waals surface area contributed by atoms with Crippen molar-refractivity contribution in [3.63, 3.8) is 0 Å². The summed E-state index contributed by atoms with van der Waals surface area (Å²) in [6.07, 6.45) is 2.96. The number of amides is 1. The van der Waals surface area contributed by atoms with Crippen molar-refractivity contribution < 1.29 is 9.18 Å². The summed E-state index contributed by atoms with van der Waals surface area (Å²) in [5.74, 6) is -0.942. The van der Waals surface area contributed by atoms with Gasteiger partial charge < -0.3 is 5.32 Å². The Morgan fingerprint density at radius 2 is 2.19 bits per heavy atom. The molecule has 0 aliphatic rings. The number of aromatic nitrogens is 1. The molecule has 0 aliphatic carbocycles. The lowest BCUT2D eigenvalue weighted by Gasteiger charge is -2.03. The third-order valence-electron chi connectivity index (χ3n) is 2.68. The van der Waals surface area contributed by atoms with E-state index >= 15 is 0 Å². The molecule has 21 heavy (non-hydrogen) atoms. The molecular formula is C16H12FN3O. The number of pyridine rings is 1. The molecule has 1 N–H and O–H groups in total. The summed E-state index contributed by atoms with van der Waals surface area (Å²) < 4.78 is 13.1. The van der Waals surface area contributed by atoms with Gasteiger partial charge in [-0.25, -0.2) is 4.39 Å². The number of rotatable bonds is 4. The van der Waals surface area contributed by atoms with Gasteiger partial charge in [-0.1, -0.05) is 18.2 Å². The summed E-state index contributed by atoms with van der Waals surface area (Å²) in [6, 6.07) is 12.8. The van der Waals surface area contributed by atoms with Crippen LogP contribution in [0.1, 0.15) is 11.3 Å². The van der Waals surface area contributed by atoms with E-state index in [4.69, 9.17) is 5.26 Å². The minimum Gasteiger partial charge on any atom is -0.346 e. The van der Waals surface area contributed by atoms with E-state index in [1.807, 2.05) is 12.1 Å². The van der Waals surface area contributed by atoms with E-state index < -0.39 is 11.7 Å². The highest BCUT2D eigenvalue weighted by Crippen LogP contribution is 2.09. The highest BCUT2D eigenvalue weighted by atomic mass is 19.1. The van der Waals surface area contributed by atoms with Crippen molar-refractivity contribution in [1.82, 2.24) is 10.3 Å². The van der Waals surface area contributed by atoms with Crippen LogP contribution in [0.2, 0.25) is 0 Å². The lowest BCUT2D eigenvalue weighted by molar-refractivity contribution is -0.117. The first-order valence-corrected chi connectivity index (χ1v) is 6.24. The van der Waals surface area contributed by atoms with Crippen LogP contribution in [-0.4, -0.2) is 10.9 Å². The average molecular weight is 281 g/mol. The van der Waals surface area contributed by atoms with Crippen molar-refractivity contribution in [2.75, 3.05) is 0 Å². The number of hydrogen-bond acceptors (Lipinski definition) is 3. The number of halogens is 1. The largest absolute Gasteiger partial charge is 0.346 e. The molecule has 0 unspecified atom stereocenters. The van der Waals surface area contributed by atoms with Crippen LogP contribution in [0.15, 0.2) is 54.2 Å². The van der Waals surface area contributed by atoms with Gasteiger partial charge in [-0.3, -0.25) is 9.78 Å². The molecule has 0 bridgehead atoms. The van der Waals surface area contributed by atoms with E-state index in [2.05, 4.69) is 10.3 Å². The van der Waals surface area contributed by atoms with E-state index in [1.165, 1.54) is 24.3 Å². The number of benzene rings is 1. The van der Waals surface area contributed by atoms with Crippen molar-refractivity contribution in [2.24, 2.45) is 0 Å². The topological polar surface area (TPSA) is 65.8 Å². The van der Waals surface area contributed by atoms with Gasteiger partial charge in [0.15, 0.2) is 0 Å². The molecule has 4 nitrogen and oxygen atoms in total. The first kappa shape index (κ1) is 14.4. The Morgan fingerprint density at radius 1 is 1.33 bits per heavy atom. The molecule has 0 aliphatic heterocycles. The Morgan fingerprint density at radius 3 is 2.86 bits per heavy atom. The van der Waals surface area contributed by atoms with E-state index in [-0.39, 0.29) is 12.1 Å². The number of nitrogens with zero attached hydrogens (tertiary/aromatic N) is 2. The molecule has 1 heterocycles. The molecule has 1 amide bonds. The number of carbonyl (C=O) groups is 1. The number of hydrogen-bond donors (Lipinski definition) is 1. The highest BCUT2D eigenvalue weighted by Gasteiger charge is 2.09. The zero-order valence-electron chi connectivity index (χ0n) is 11.1. The molecule has 104 valence electrons. The predicted octanol–water partition coefficient (Wildman–Crippen LogP) is 2.44. The first-order valence-electron chi connectivity index (χ1n) is 6.24. The van der Waals surface area contributed by atoms with Crippen LogP contribution < -0.4 is 5.32 Å². The molecular weight excluding hydrogens is 269 g/mol.